The second-order valence-corrected chi connectivity index (χ2v) is 7.17. The van der Waals surface area contributed by atoms with Gasteiger partial charge in [-0.1, -0.05) is 48.0 Å². The van der Waals surface area contributed by atoms with Crippen molar-refractivity contribution in [2.24, 2.45) is 0 Å². The minimum absolute atomic E-state index is 0.287. The number of benzene rings is 2. The highest BCUT2D eigenvalue weighted by Crippen LogP contribution is 2.41. The summed E-state index contributed by atoms with van der Waals surface area (Å²) in [6.45, 7) is 1.52. The van der Waals surface area contributed by atoms with Gasteiger partial charge in [-0.2, -0.15) is 0 Å². The number of methoxy groups -OCH3 is 1. The molecule has 1 atom stereocenters. The molecule has 0 bridgehead atoms. The second kappa shape index (κ2) is 8.07. The van der Waals surface area contributed by atoms with Crippen LogP contribution in [0.4, 0.5) is 5.95 Å². The van der Waals surface area contributed by atoms with Crippen LogP contribution in [0.3, 0.4) is 0 Å². The molecule has 1 unspecified atom stereocenters. The first-order valence-corrected chi connectivity index (χ1v) is 9.57. The van der Waals surface area contributed by atoms with Gasteiger partial charge in [-0.05, 0) is 41.7 Å². The van der Waals surface area contributed by atoms with Gasteiger partial charge in [0.15, 0.2) is 0 Å². The van der Waals surface area contributed by atoms with E-state index in [9.17, 15) is 0 Å². The number of anilines is 1. The van der Waals surface area contributed by atoms with E-state index < -0.39 is 0 Å². The van der Waals surface area contributed by atoms with Gasteiger partial charge in [0.05, 0.1) is 5.69 Å². The molecule has 1 aliphatic carbocycles. The van der Waals surface area contributed by atoms with Crippen molar-refractivity contribution in [3.05, 3.63) is 76.4 Å². The van der Waals surface area contributed by atoms with Gasteiger partial charge in [0.2, 0.25) is 5.95 Å². The normalized spacial score (nSPS) is 15.1. The highest BCUT2D eigenvalue weighted by Gasteiger charge is 2.27. The first kappa shape index (κ1) is 18.0. The molecule has 2 aromatic carbocycles. The summed E-state index contributed by atoms with van der Waals surface area (Å²) in [7, 11) is 1.71. The zero-order valence-corrected chi connectivity index (χ0v) is 16.0. The molecule has 4 rings (SSSR count). The predicted molar refractivity (Wildman–Crippen MR) is 109 cm³/mol. The van der Waals surface area contributed by atoms with Crippen LogP contribution in [-0.2, 0) is 11.2 Å². The summed E-state index contributed by atoms with van der Waals surface area (Å²) in [6, 6.07) is 16.7. The van der Waals surface area contributed by atoms with E-state index in [0.29, 0.717) is 5.95 Å². The smallest absolute Gasteiger partial charge is 0.223 e. The fraction of sp³-hybridized carbons (Fsp3) is 0.273. The van der Waals surface area contributed by atoms with Crippen LogP contribution in [0.2, 0.25) is 5.02 Å². The average molecular weight is 380 g/mol. The Morgan fingerprint density at radius 2 is 1.96 bits per heavy atom. The maximum atomic E-state index is 6.08. The van der Waals surface area contributed by atoms with Gasteiger partial charge < -0.3 is 10.1 Å². The van der Waals surface area contributed by atoms with Crippen molar-refractivity contribution in [3.63, 3.8) is 0 Å². The van der Waals surface area contributed by atoms with Crippen LogP contribution in [0.1, 0.15) is 29.0 Å². The van der Waals surface area contributed by atoms with Crippen LogP contribution in [0.15, 0.2) is 54.7 Å². The maximum absolute atomic E-state index is 6.08. The molecule has 1 heterocycles. The largest absolute Gasteiger partial charge is 0.385 e. The van der Waals surface area contributed by atoms with Crippen LogP contribution >= 0.6 is 11.6 Å². The van der Waals surface area contributed by atoms with Gasteiger partial charge in [-0.25, -0.2) is 9.97 Å². The SMILES string of the molecule is COCCCNc1ncc2c(n1)-c1ccccc1C(c1ccc(Cl)cc1)C2. The zero-order chi connectivity index (χ0) is 18.6. The molecule has 4 nitrogen and oxygen atoms in total. The van der Waals surface area contributed by atoms with Crippen LogP contribution in [0.25, 0.3) is 11.3 Å². The van der Waals surface area contributed by atoms with Gasteiger partial charge in [-0.3, -0.25) is 0 Å². The molecule has 138 valence electrons. The van der Waals surface area contributed by atoms with E-state index in [1.807, 2.05) is 18.3 Å². The third-order valence-corrected chi connectivity index (χ3v) is 5.21. The Bertz CT molecular complexity index is 927. The Morgan fingerprint density at radius 1 is 1.15 bits per heavy atom. The molecule has 1 aromatic heterocycles. The molecule has 0 aliphatic heterocycles. The van der Waals surface area contributed by atoms with Gasteiger partial charge in [0.1, 0.15) is 0 Å². The Hall–Kier alpha value is -2.43. The molecule has 27 heavy (non-hydrogen) atoms. The van der Waals surface area contributed by atoms with E-state index in [1.54, 1.807) is 7.11 Å². The van der Waals surface area contributed by atoms with Gasteiger partial charge in [-0.15, -0.1) is 0 Å². The number of halogens is 1. The lowest BCUT2D eigenvalue weighted by molar-refractivity contribution is 0.197. The average Bonchev–Trinajstić information content (AvgIpc) is 2.71. The molecule has 1 N–H and O–H groups in total. The van der Waals surface area contributed by atoms with Crippen LogP contribution in [-0.4, -0.2) is 30.2 Å². The molecule has 0 spiro atoms. The van der Waals surface area contributed by atoms with E-state index >= 15 is 0 Å². The molecule has 1 aliphatic rings. The first-order valence-electron chi connectivity index (χ1n) is 9.20. The fourth-order valence-electron chi connectivity index (χ4n) is 3.63. The lowest BCUT2D eigenvalue weighted by Crippen LogP contribution is -2.16. The number of aromatic nitrogens is 2. The summed E-state index contributed by atoms with van der Waals surface area (Å²) in [5.74, 6) is 0.958. The Morgan fingerprint density at radius 3 is 2.78 bits per heavy atom. The molecule has 0 radical (unpaired) electrons. The molecule has 5 heteroatoms. The van der Waals surface area contributed by atoms with E-state index in [0.717, 1.165) is 36.7 Å². The molecule has 0 amide bonds. The predicted octanol–water partition coefficient (Wildman–Crippen LogP) is 4.93. The number of hydrogen-bond acceptors (Lipinski definition) is 4. The summed E-state index contributed by atoms with van der Waals surface area (Å²) >= 11 is 6.08. The number of rotatable bonds is 6. The first-order chi connectivity index (χ1) is 13.3. The van der Waals surface area contributed by atoms with E-state index in [-0.39, 0.29) is 5.92 Å². The summed E-state index contributed by atoms with van der Waals surface area (Å²) in [4.78, 5) is 9.33. The van der Waals surface area contributed by atoms with E-state index in [2.05, 4.69) is 46.7 Å². The van der Waals surface area contributed by atoms with Gasteiger partial charge in [0, 0.05) is 43.0 Å². The molecule has 0 fully saturated rings. The summed E-state index contributed by atoms with van der Waals surface area (Å²) < 4.78 is 5.09. The van der Waals surface area contributed by atoms with Crippen LogP contribution in [0.5, 0.6) is 0 Å². The number of ether oxygens (including phenoxy) is 1. The Kier molecular flexibility index (Phi) is 5.37. The van der Waals surface area contributed by atoms with Gasteiger partial charge >= 0.3 is 0 Å². The molecular formula is C22H22ClN3O. The number of nitrogens with zero attached hydrogens (tertiary/aromatic N) is 2. The van der Waals surface area contributed by atoms with Crippen molar-refractivity contribution < 1.29 is 4.74 Å². The van der Waals surface area contributed by atoms with Crippen molar-refractivity contribution in [2.45, 2.75) is 18.8 Å². The summed E-state index contributed by atoms with van der Waals surface area (Å²) in [6.07, 6.45) is 3.77. The summed E-state index contributed by atoms with van der Waals surface area (Å²) in [5.41, 5.74) is 5.95. The van der Waals surface area contributed by atoms with Crippen molar-refractivity contribution in [1.29, 1.82) is 0 Å². The molecule has 0 saturated carbocycles. The standard InChI is InChI=1S/C22H22ClN3O/c1-27-12-4-11-24-22-25-14-16-13-20(15-7-9-17(23)10-8-15)18-5-2-3-6-19(18)21(16)26-22/h2-3,5-10,14,20H,4,11-13H2,1H3,(H,24,25,26). The van der Waals surface area contributed by atoms with Crippen LogP contribution < -0.4 is 5.32 Å². The lowest BCUT2D eigenvalue weighted by atomic mass is 9.78. The monoisotopic (exact) mass is 379 g/mol. The van der Waals surface area contributed by atoms with Gasteiger partial charge in [0.25, 0.3) is 0 Å². The highest BCUT2D eigenvalue weighted by molar-refractivity contribution is 6.30. The Balaban J connectivity index is 1.66. The third-order valence-electron chi connectivity index (χ3n) is 4.96. The second-order valence-electron chi connectivity index (χ2n) is 6.74. The van der Waals surface area contributed by atoms with Crippen LogP contribution in [0, 0.1) is 0 Å². The number of nitrogens with one attached hydrogen (secondary N) is 1. The Labute approximate surface area is 164 Å². The lowest BCUT2D eigenvalue weighted by Gasteiger charge is -2.27. The zero-order valence-electron chi connectivity index (χ0n) is 15.3. The van der Waals surface area contributed by atoms with E-state index in [4.69, 9.17) is 21.3 Å². The van der Waals surface area contributed by atoms with Crippen molar-refractivity contribution in [1.82, 2.24) is 9.97 Å². The maximum Gasteiger partial charge on any atom is 0.223 e. The number of hydrogen-bond donors (Lipinski definition) is 1. The minimum atomic E-state index is 0.287. The summed E-state index contributed by atoms with van der Waals surface area (Å²) in [5, 5.41) is 4.05. The molecule has 3 aromatic rings. The highest BCUT2D eigenvalue weighted by atomic mass is 35.5. The third kappa shape index (κ3) is 3.82. The van der Waals surface area contributed by atoms with Crippen molar-refractivity contribution >= 4 is 17.5 Å². The van der Waals surface area contributed by atoms with Crippen molar-refractivity contribution in [2.75, 3.05) is 25.6 Å². The topological polar surface area (TPSA) is 47.0 Å². The molecular weight excluding hydrogens is 358 g/mol. The fourth-order valence-corrected chi connectivity index (χ4v) is 3.76. The molecule has 0 saturated heterocycles. The van der Waals surface area contributed by atoms with E-state index in [1.165, 1.54) is 22.3 Å². The number of fused-ring (bicyclic) bond motifs is 3. The minimum Gasteiger partial charge on any atom is -0.385 e. The van der Waals surface area contributed by atoms with Crippen molar-refractivity contribution in [3.8, 4) is 11.3 Å². The quantitative estimate of drug-likeness (QED) is 0.616.